The summed E-state index contributed by atoms with van der Waals surface area (Å²) in [6.07, 6.45) is 1.79. The van der Waals surface area contributed by atoms with Crippen LogP contribution in [-0.4, -0.2) is 22.8 Å². The molecule has 0 unspecified atom stereocenters. The van der Waals surface area contributed by atoms with Gasteiger partial charge in [-0.15, -0.1) is 0 Å². The first-order chi connectivity index (χ1) is 8.66. The highest BCUT2D eigenvalue weighted by molar-refractivity contribution is 7.71. The Morgan fingerprint density at radius 3 is 2.83 bits per heavy atom. The number of imidazole rings is 1. The Morgan fingerprint density at radius 2 is 2.11 bits per heavy atom. The number of rotatable bonds is 1. The minimum atomic E-state index is -0.418. The number of hydrogen-bond acceptors (Lipinski definition) is 2. The molecule has 1 N–H and O–H groups in total. The van der Waals surface area contributed by atoms with E-state index in [0.717, 1.165) is 37.1 Å². The lowest BCUT2D eigenvalue weighted by molar-refractivity contribution is 0.0702. The second-order valence-corrected chi connectivity index (χ2v) is 5.22. The van der Waals surface area contributed by atoms with Crippen LogP contribution in [0.4, 0.5) is 4.39 Å². The zero-order valence-corrected chi connectivity index (χ0v) is 11.2. The molecule has 1 aliphatic rings. The van der Waals surface area contributed by atoms with E-state index >= 15 is 0 Å². The molecule has 0 atom stereocenters. The van der Waals surface area contributed by atoms with Gasteiger partial charge < -0.3 is 14.3 Å². The Bertz CT molecular complexity index is 645. The fourth-order valence-corrected chi connectivity index (χ4v) is 2.95. The van der Waals surface area contributed by atoms with Crippen LogP contribution in [0.15, 0.2) is 12.1 Å². The third-order valence-corrected chi connectivity index (χ3v) is 3.90. The molecule has 2 aromatic rings. The lowest BCUT2D eigenvalue weighted by atomic mass is 10.1. The molecule has 0 saturated carbocycles. The summed E-state index contributed by atoms with van der Waals surface area (Å²) in [6, 6.07) is 3.29. The molecule has 0 amide bonds. The molecule has 1 aromatic carbocycles. The smallest absolute Gasteiger partial charge is 0.178 e. The van der Waals surface area contributed by atoms with Gasteiger partial charge in [0.05, 0.1) is 16.1 Å². The SMILES string of the molecule is Fc1cc2c(cc1Cl)[nH]c(=S)n2C1CCOCC1. The molecule has 3 rings (SSSR count). The van der Waals surface area contributed by atoms with Crippen molar-refractivity contribution in [2.24, 2.45) is 0 Å². The van der Waals surface area contributed by atoms with E-state index in [4.69, 9.17) is 28.6 Å². The van der Waals surface area contributed by atoms with Crippen molar-refractivity contribution in [1.29, 1.82) is 0 Å². The monoisotopic (exact) mass is 286 g/mol. The lowest BCUT2D eigenvalue weighted by Crippen LogP contribution is -2.19. The van der Waals surface area contributed by atoms with E-state index in [-0.39, 0.29) is 11.1 Å². The van der Waals surface area contributed by atoms with Gasteiger partial charge in [0.15, 0.2) is 4.77 Å². The van der Waals surface area contributed by atoms with Crippen molar-refractivity contribution in [3.05, 3.63) is 27.7 Å². The molecule has 18 heavy (non-hydrogen) atoms. The molecule has 6 heteroatoms. The molecule has 1 saturated heterocycles. The van der Waals surface area contributed by atoms with Crippen LogP contribution in [0.25, 0.3) is 11.0 Å². The molecule has 96 valence electrons. The summed E-state index contributed by atoms with van der Waals surface area (Å²) in [5, 5.41) is 0.109. The highest BCUT2D eigenvalue weighted by Crippen LogP contribution is 2.29. The number of H-pyrrole nitrogens is 1. The van der Waals surface area contributed by atoms with Crippen LogP contribution in [-0.2, 0) is 4.74 Å². The van der Waals surface area contributed by atoms with E-state index in [1.54, 1.807) is 6.07 Å². The van der Waals surface area contributed by atoms with Gasteiger partial charge in [-0.25, -0.2) is 4.39 Å². The van der Waals surface area contributed by atoms with E-state index < -0.39 is 5.82 Å². The maximum atomic E-state index is 13.6. The topological polar surface area (TPSA) is 29.9 Å². The van der Waals surface area contributed by atoms with E-state index in [1.807, 2.05) is 4.57 Å². The number of halogens is 2. The highest BCUT2D eigenvalue weighted by Gasteiger charge is 2.19. The van der Waals surface area contributed by atoms with Crippen LogP contribution in [0.1, 0.15) is 18.9 Å². The van der Waals surface area contributed by atoms with Crippen LogP contribution in [0, 0.1) is 10.6 Å². The normalized spacial score (nSPS) is 17.4. The van der Waals surface area contributed by atoms with E-state index in [2.05, 4.69) is 4.98 Å². The number of nitrogens with one attached hydrogen (secondary N) is 1. The third-order valence-electron chi connectivity index (χ3n) is 3.31. The summed E-state index contributed by atoms with van der Waals surface area (Å²) in [7, 11) is 0. The Hall–Kier alpha value is -0.910. The van der Waals surface area contributed by atoms with Crippen molar-refractivity contribution >= 4 is 34.9 Å². The van der Waals surface area contributed by atoms with Crippen molar-refractivity contribution < 1.29 is 9.13 Å². The maximum absolute atomic E-state index is 13.6. The van der Waals surface area contributed by atoms with E-state index in [1.165, 1.54) is 6.07 Å². The minimum Gasteiger partial charge on any atom is -0.381 e. The van der Waals surface area contributed by atoms with Gasteiger partial charge in [0, 0.05) is 25.3 Å². The Morgan fingerprint density at radius 1 is 1.39 bits per heavy atom. The van der Waals surface area contributed by atoms with Gasteiger partial charge in [0.25, 0.3) is 0 Å². The number of aromatic nitrogens is 2. The zero-order valence-electron chi connectivity index (χ0n) is 9.58. The summed E-state index contributed by atoms with van der Waals surface area (Å²) in [5.41, 5.74) is 1.55. The lowest BCUT2D eigenvalue weighted by Gasteiger charge is -2.24. The number of ether oxygens (including phenoxy) is 1. The number of fused-ring (bicyclic) bond motifs is 1. The van der Waals surface area contributed by atoms with Gasteiger partial charge in [-0.05, 0) is 31.1 Å². The summed E-state index contributed by atoms with van der Waals surface area (Å²) >= 11 is 11.1. The van der Waals surface area contributed by atoms with E-state index in [0.29, 0.717) is 4.77 Å². The molecule has 0 spiro atoms. The van der Waals surface area contributed by atoms with Crippen molar-refractivity contribution in [2.45, 2.75) is 18.9 Å². The summed E-state index contributed by atoms with van der Waals surface area (Å²) in [4.78, 5) is 3.08. The third kappa shape index (κ3) is 1.96. The highest BCUT2D eigenvalue weighted by atomic mass is 35.5. The van der Waals surface area contributed by atoms with Gasteiger partial charge >= 0.3 is 0 Å². The molecule has 1 aromatic heterocycles. The van der Waals surface area contributed by atoms with Gasteiger partial charge in [-0.3, -0.25) is 0 Å². The first-order valence-electron chi connectivity index (χ1n) is 5.84. The molecule has 1 fully saturated rings. The average molecular weight is 287 g/mol. The fourth-order valence-electron chi connectivity index (χ4n) is 2.43. The second kappa shape index (κ2) is 4.64. The Kier molecular flexibility index (Phi) is 3.13. The van der Waals surface area contributed by atoms with Crippen LogP contribution in [0.5, 0.6) is 0 Å². The van der Waals surface area contributed by atoms with Gasteiger partial charge in [0.1, 0.15) is 5.82 Å². The number of benzene rings is 1. The van der Waals surface area contributed by atoms with Crippen molar-refractivity contribution in [1.82, 2.24) is 9.55 Å². The first-order valence-corrected chi connectivity index (χ1v) is 6.62. The minimum absolute atomic E-state index is 0.109. The predicted molar refractivity (Wildman–Crippen MR) is 71.2 cm³/mol. The molecule has 0 aliphatic carbocycles. The molecule has 2 heterocycles. The number of hydrogen-bond donors (Lipinski definition) is 1. The number of aromatic amines is 1. The average Bonchev–Trinajstić information content (AvgIpc) is 2.66. The predicted octanol–water partition coefficient (Wildman–Crippen LogP) is 3.84. The first kappa shape index (κ1) is 12.1. The van der Waals surface area contributed by atoms with E-state index in [9.17, 15) is 4.39 Å². The quantitative estimate of drug-likeness (QED) is 0.807. The standard InChI is InChI=1S/C12H12ClFN2OS/c13-8-5-10-11(6-9(8)14)16(12(18)15-10)7-1-3-17-4-2-7/h5-7H,1-4H2,(H,15,18). The fraction of sp³-hybridized carbons (Fsp3) is 0.417. The van der Waals surface area contributed by atoms with Gasteiger partial charge in [-0.1, -0.05) is 11.6 Å². The van der Waals surface area contributed by atoms with Crippen LogP contribution in [0.3, 0.4) is 0 Å². The maximum Gasteiger partial charge on any atom is 0.178 e. The van der Waals surface area contributed by atoms with Gasteiger partial charge in [0.2, 0.25) is 0 Å². The summed E-state index contributed by atoms with van der Waals surface area (Å²) < 4.78 is 21.5. The molecule has 1 aliphatic heterocycles. The summed E-state index contributed by atoms with van der Waals surface area (Å²) in [6.45, 7) is 1.43. The van der Waals surface area contributed by atoms with Crippen LogP contribution in [0.2, 0.25) is 5.02 Å². The molecular weight excluding hydrogens is 275 g/mol. The van der Waals surface area contributed by atoms with Crippen molar-refractivity contribution in [3.63, 3.8) is 0 Å². The van der Waals surface area contributed by atoms with Crippen molar-refractivity contribution in [3.8, 4) is 0 Å². The molecule has 0 bridgehead atoms. The zero-order chi connectivity index (χ0) is 12.7. The van der Waals surface area contributed by atoms with Crippen LogP contribution < -0.4 is 0 Å². The van der Waals surface area contributed by atoms with Crippen molar-refractivity contribution in [2.75, 3.05) is 13.2 Å². The molecular formula is C12H12ClFN2OS. The van der Waals surface area contributed by atoms with Gasteiger partial charge in [-0.2, -0.15) is 0 Å². The van der Waals surface area contributed by atoms with Crippen LogP contribution >= 0.6 is 23.8 Å². The number of nitrogens with zero attached hydrogens (tertiary/aromatic N) is 1. The molecule has 0 radical (unpaired) electrons. The summed E-state index contributed by atoms with van der Waals surface area (Å²) in [5.74, 6) is -0.418. The second-order valence-electron chi connectivity index (χ2n) is 4.43. The Labute approximate surface area is 114 Å². The molecule has 3 nitrogen and oxygen atoms in total. The largest absolute Gasteiger partial charge is 0.381 e. The Balaban J connectivity index is 2.18.